The van der Waals surface area contributed by atoms with Crippen LogP contribution in [0.25, 0.3) is 0 Å². The van der Waals surface area contributed by atoms with Gasteiger partial charge in [0.25, 0.3) is 0 Å². The summed E-state index contributed by atoms with van der Waals surface area (Å²) < 4.78 is 0. The molecule has 27 heavy (non-hydrogen) atoms. The van der Waals surface area contributed by atoms with Crippen LogP contribution >= 0.6 is 0 Å². The number of carbonyl (C=O) groups excluding carboxylic acids is 1. The van der Waals surface area contributed by atoms with Gasteiger partial charge in [0.15, 0.2) is 0 Å². The van der Waals surface area contributed by atoms with Gasteiger partial charge in [0.1, 0.15) is 0 Å². The number of likely N-dealkylation sites (tertiary alicyclic amines) is 1. The number of rotatable bonds is 7. The molecule has 2 heterocycles. The molecule has 1 aromatic carbocycles. The maximum absolute atomic E-state index is 13.1. The van der Waals surface area contributed by atoms with E-state index < -0.39 is 5.97 Å². The van der Waals surface area contributed by atoms with Crippen LogP contribution in [0.4, 0.5) is 4.79 Å². The zero-order chi connectivity index (χ0) is 19.2. The molecule has 2 aliphatic heterocycles. The van der Waals surface area contributed by atoms with E-state index in [9.17, 15) is 9.59 Å². The van der Waals surface area contributed by atoms with E-state index in [1.54, 1.807) is 0 Å². The summed E-state index contributed by atoms with van der Waals surface area (Å²) >= 11 is 0. The molecule has 2 bridgehead atoms. The topological polar surface area (TPSA) is 72.9 Å². The van der Waals surface area contributed by atoms with Gasteiger partial charge < -0.3 is 20.2 Å². The fraction of sp³-hybridized carbons (Fsp3) is 0.619. The van der Waals surface area contributed by atoms with Crippen LogP contribution in [0.2, 0.25) is 0 Å². The molecule has 3 atom stereocenters. The minimum atomic E-state index is -0.823. The Hall–Kier alpha value is -2.08. The maximum atomic E-state index is 13.1. The molecule has 3 unspecified atom stereocenters. The van der Waals surface area contributed by atoms with Crippen molar-refractivity contribution >= 4 is 12.0 Å². The van der Waals surface area contributed by atoms with Crippen molar-refractivity contribution in [3.8, 4) is 0 Å². The van der Waals surface area contributed by atoms with Crippen molar-refractivity contribution < 1.29 is 14.7 Å². The largest absolute Gasteiger partial charge is 0.481 e. The summed E-state index contributed by atoms with van der Waals surface area (Å²) in [5.74, 6) is -0.823. The highest BCUT2D eigenvalue weighted by Crippen LogP contribution is 2.30. The van der Waals surface area contributed by atoms with Crippen LogP contribution in [0.3, 0.4) is 0 Å². The summed E-state index contributed by atoms with van der Waals surface area (Å²) in [4.78, 5) is 28.6. The quantitative estimate of drug-likeness (QED) is 0.771. The third kappa shape index (κ3) is 5.22. The van der Waals surface area contributed by atoms with Gasteiger partial charge in [0.2, 0.25) is 0 Å². The lowest BCUT2D eigenvalue weighted by Crippen LogP contribution is -2.51. The molecule has 3 rings (SSSR count). The Morgan fingerprint density at radius 3 is 2.63 bits per heavy atom. The van der Waals surface area contributed by atoms with Crippen molar-refractivity contribution in [3.05, 3.63) is 35.9 Å². The van der Waals surface area contributed by atoms with Gasteiger partial charge in [-0.3, -0.25) is 4.79 Å². The Balaban J connectivity index is 1.66. The summed E-state index contributed by atoms with van der Waals surface area (Å²) in [5.41, 5.74) is 1.11. The predicted octanol–water partition coefficient (Wildman–Crippen LogP) is 2.73. The second-order valence-electron chi connectivity index (χ2n) is 7.74. The standard InChI is InChI=1S/C21H31N3O3/c1-2-23-13-12-18-9-10-19(15-23)24(18)21(27)22-17(8-11-20(25)26)14-16-6-4-3-5-7-16/h3-7,17-19H,2,8-15H2,1H3,(H,22,27)(H,25,26). The van der Waals surface area contributed by atoms with Crippen LogP contribution in [-0.2, 0) is 11.2 Å². The lowest BCUT2D eigenvalue weighted by Gasteiger charge is -2.31. The van der Waals surface area contributed by atoms with Crippen LogP contribution in [0.15, 0.2) is 30.3 Å². The summed E-state index contributed by atoms with van der Waals surface area (Å²) in [6, 6.07) is 10.3. The molecule has 0 aromatic heterocycles. The number of likely N-dealkylation sites (N-methyl/N-ethyl adjacent to an activating group) is 1. The number of aliphatic carboxylic acids is 1. The van der Waals surface area contributed by atoms with Crippen molar-refractivity contribution in [1.29, 1.82) is 0 Å². The molecule has 0 spiro atoms. The normalized spacial score (nSPS) is 23.7. The summed E-state index contributed by atoms with van der Waals surface area (Å²) in [6.45, 7) is 5.19. The molecular weight excluding hydrogens is 342 g/mol. The van der Waals surface area contributed by atoms with Gasteiger partial charge in [-0.1, -0.05) is 37.3 Å². The molecule has 148 valence electrons. The number of urea groups is 1. The van der Waals surface area contributed by atoms with E-state index in [4.69, 9.17) is 5.11 Å². The van der Waals surface area contributed by atoms with Gasteiger partial charge in [-0.2, -0.15) is 0 Å². The number of carboxylic acids is 1. The first kappa shape index (κ1) is 19.7. The fourth-order valence-corrected chi connectivity index (χ4v) is 4.43. The summed E-state index contributed by atoms with van der Waals surface area (Å²) in [5, 5.41) is 12.2. The number of nitrogens with zero attached hydrogens (tertiary/aromatic N) is 2. The van der Waals surface area contributed by atoms with E-state index in [0.717, 1.165) is 44.5 Å². The Kier molecular flexibility index (Phi) is 6.72. The van der Waals surface area contributed by atoms with E-state index >= 15 is 0 Å². The number of amides is 2. The number of benzene rings is 1. The SMILES string of the molecule is CCN1CCC2CCC(C1)N2C(=O)NC(CCC(=O)O)Cc1ccccc1. The second-order valence-corrected chi connectivity index (χ2v) is 7.74. The Morgan fingerprint density at radius 2 is 1.93 bits per heavy atom. The minimum Gasteiger partial charge on any atom is -0.481 e. The molecule has 2 saturated heterocycles. The highest BCUT2D eigenvalue weighted by Gasteiger charge is 2.40. The fourth-order valence-electron chi connectivity index (χ4n) is 4.43. The second kappa shape index (κ2) is 9.22. The van der Waals surface area contributed by atoms with Crippen molar-refractivity contribution in [2.24, 2.45) is 0 Å². The molecular formula is C21H31N3O3. The molecule has 6 nitrogen and oxygen atoms in total. The van der Waals surface area contributed by atoms with E-state index in [1.165, 1.54) is 0 Å². The molecule has 2 aliphatic rings. The number of carbonyl (C=O) groups is 2. The lowest BCUT2D eigenvalue weighted by atomic mass is 10.0. The van der Waals surface area contributed by atoms with Crippen LogP contribution in [-0.4, -0.2) is 64.7 Å². The monoisotopic (exact) mass is 373 g/mol. The van der Waals surface area contributed by atoms with E-state index in [0.29, 0.717) is 18.9 Å². The first-order valence-electron chi connectivity index (χ1n) is 10.1. The molecule has 0 radical (unpaired) electrons. The first-order valence-corrected chi connectivity index (χ1v) is 10.1. The first-order chi connectivity index (χ1) is 13.1. The van der Waals surface area contributed by atoms with Gasteiger partial charge in [-0.05, 0) is 44.2 Å². The summed E-state index contributed by atoms with van der Waals surface area (Å²) in [7, 11) is 0. The van der Waals surface area contributed by atoms with Gasteiger partial charge in [-0.25, -0.2) is 4.79 Å². The number of hydrogen-bond donors (Lipinski definition) is 2. The van der Waals surface area contributed by atoms with Crippen LogP contribution in [0.5, 0.6) is 0 Å². The molecule has 6 heteroatoms. The van der Waals surface area contributed by atoms with Gasteiger partial charge >= 0.3 is 12.0 Å². The zero-order valence-corrected chi connectivity index (χ0v) is 16.1. The Labute approximate surface area is 161 Å². The van der Waals surface area contributed by atoms with E-state index in [2.05, 4.69) is 22.0 Å². The van der Waals surface area contributed by atoms with Crippen molar-refractivity contribution in [1.82, 2.24) is 15.1 Å². The third-order valence-corrected chi connectivity index (χ3v) is 5.91. The van der Waals surface area contributed by atoms with Crippen LogP contribution in [0, 0.1) is 0 Å². The third-order valence-electron chi connectivity index (χ3n) is 5.91. The number of carboxylic acid groups (broad SMARTS) is 1. The Morgan fingerprint density at radius 1 is 1.19 bits per heavy atom. The van der Waals surface area contributed by atoms with Crippen LogP contribution in [0.1, 0.15) is 44.6 Å². The molecule has 1 aromatic rings. The highest BCUT2D eigenvalue weighted by molar-refractivity contribution is 5.76. The van der Waals surface area contributed by atoms with Gasteiger partial charge in [0.05, 0.1) is 0 Å². The van der Waals surface area contributed by atoms with Crippen molar-refractivity contribution in [3.63, 3.8) is 0 Å². The molecule has 2 N–H and O–H groups in total. The van der Waals surface area contributed by atoms with Gasteiger partial charge in [0, 0.05) is 37.6 Å². The van der Waals surface area contributed by atoms with Crippen molar-refractivity contribution in [2.45, 2.75) is 63.6 Å². The van der Waals surface area contributed by atoms with Crippen LogP contribution < -0.4 is 5.32 Å². The van der Waals surface area contributed by atoms with E-state index in [-0.39, 0.29) is 24.5 Å². The minimum absolute atomic E-state index is 0.0215. The number of fused-ring (bicyclic) bond motifs is 2. The molecule has 0 saturated carbocycles. The van der Waals surface area contributed by atoms with E-state index in [1.807, 2.05) is 30.3 Å². The molecule has 2 amide bonds. The average molecular weight is 373 g/mol. The Bertz CT molecular complexity index is 637. The molecule has 0 aliphatic carbocycles. The smallest absolute Gasteiger partial charge is 0.318 e. The average Bonchev–Trinajstić information content (AvgIpc) is 2.95. The number of hydrogen-bond acceptors (Lipinski definition) is 3. The highest BCUT2D eigenvalue weighted by atomic mass is 16.4. The maximum Gasteiger partial charge on any atom is 0.318 e. The zero-order valence-electron chi connectivity index (χ0n) is 16.1. The number of nitrogens with one attached hydrogen (secondary N) is 1. The van der Waals surface area contributed by atoms with Crippen molar-refractivity contribution in [2.75, 3.05) is 19.6 Å². The lowest BCUT2D eigenvalue weighted by molar-refractivity contribution is -0.137. The van der Waals surface area contributed by atoms with Gasteiger partial charge in [-0.15, -0.1) is 0 Å². The molecule has 2 fully saturated rings. The summed E-state index contributed by atoms with van der Waals surface area (Å²) in [6.07, 6.45) is 4.33. The predicted molar refractivity (Wildman–Crippen MR) is 105 cm³/mol.